The summed E-state index contributed by atoms with van der Waals surface area (Å²) in [7, 11) is -4.55. The van der Waals surface area contributed by atoms with Crippen molar-refractivity contribution >= 4 is 15.5 Å². The van der Waals surface area contributed by atoms with E-state index in [0.717, 1.165) is 5.69 Å². The second-order valence-electron chi connectivity index (χ2n) is 4.66. The largest absolute Gasteiger partial charge is 0.396 e. The van der Waals surface area contributed by atoms with Crippen molar-refractivity contribution in [3.63, 3.8) is 0 Å². The fraction of sp³-hybridized carbons (Fsp3) is 0.538. The van der Waals surface area contributed by atoms with Crippen LogP contribution in [0.4, 0.5) is 14.5 Å². The van der Waals surface area contributed by atoms with Gasteiger partial charge in [0.2, 0.25) is 9.84 Å². The average Bonchev–Trinajstić information content (AvgIpc) is 2.39. The van der Waals surface area contributed by atoms with E-state index in [2.05, 4.69) is 0 Å². The van der Waals surface area contributed by atoms with Gasteiger partial charge in [0.15, 0.2) is 0 Å². The highest BCUT2D eigenvalue weighted by atomic mass is 32.2. The van der Waals surface area contributed by atoms with Crippen molar-refractivity contribution in [1.29, 1.82) is 0 Å². The molecule has 0 saturated heterocycles. The third kappa shape index (κ3) is 3.89. The summed E-state index contributed by atoms with van der Waals surface area (Å²) in [5, 5.41) is 8.87. The first-order valence-electron chi connectivity index (χ1n) is 6.30. The number of alkyl halides is 2. The lowest BCUT2D eigenvalue weighted by Crippen LogP contribution is -2.32. The summed E-state index contributed by atoms with van der Waals surface area (Å²) in [5.74, 6) is -3.41. The van der Waals surface area contributed by atoms with Gasteiger partial charge in [-0.2, -0.15) is 8.78 Å². The molecule has 1 aromatic carbocycles. The predicted octanol–water partition coefficient (Wildman–Crippen LogP) is 2.28. The van der Waals surface area contributed by atoms with Crippen molar-refractivity contribution < 1.29 is 22.3 Å². The quantitative estimate of drug-likeness (QED) is 0.839. The van der Waals surface area contributed by atoms with E-state index in [1.807, 2.05) is 18.7 Å². The topological polar surface area (TPSA) is 57.6 Å². The van der Waals surface area contributed by atoms with Crippen LogP contribution in [-0.4, -0.2) is 38.5 Å². The molecule has 0 unspecified atom stereocenters. The molecule has 0 heterocycles. The van der Waals surface area contributed by atoms with Crippen molar-refractivity contribution in [1.82, 2.24) is 0 Å². The minimum Gasteiger partial charge on any atom is -0.396 e. The fourth-order valence-electron chi connectivity index (χ4n) is 1.86. The number of rotatable bonds is 7. The number of halogens is 2. The molecule has 114 valence electrons. The molecule has 0 bridgehead atoms. The van der Waals surface area contributed by atoms with E-state index in [1.165, 1.54) is 24.3 Å². The van der Waals surface area contributed by atoms with Gasteiger partial charge < -0.3 is 10.0 Å². The summed E-state index contributed by atoms with van der Waals surface area (Å²) < 4.78 is 47.5. The highest BCUT2D eigenvalue weighted by Gasteiger charge is 2.26. The molecule has 0 fully saturated rings. The number of aliphatic hydroxyl groups is 1. The van der Waals surface area contributed by atoms with Crippen molar-refractivity contribution in [2.45, 2.75) is 37.0 Å². The minimum absolute atomic E-state index is 0.0566. The molecule has 0 aliphatic heterocycles. The zero-order valence-electron chi connectivity index (χ0n) is 11.5. The van der Waals surface area contributed by atoms with E-state index < -0.39 is 15.6 Å². The summed E-state index contributed by atoms with van der Waals surface area (Å²) in [6.45, 7) is 4.58. The number of hydrogen-bond donors (Lipinski definition) is 1. The molecule has 0 saturated carbocycles. The van der Waals surface area contributed by atoms with Gasteiger partial charge in [-0.15, -0.1) is 0 Å². The SMILES string of the molecule is CC(C)N(CCCO)c1ccc(S(=O)(=O)C(F)F)cc1. The first-order valence-corrected chi connectivity index (χ1v) is 7.85. The lowest BCUT2D eigenvalue weighted by molar-refractivity contribution is 0.234. The Morgan fingerprint density at radius 2 is 1.75 bits per heavy atom. The molecule has 20 heavy (non-hydrogen) atoms. The molecule has 1 N–H and O–H groups in total. The number of aliphatic hydroxyl groups excluding tert-OH is 1. The Labute approximate surface area is 117 Å². The van der Waals surface area contributed by atoms with Gasteiger partial charge in [-0.1, -0.05) is 0 Å². The van der Waals surface area contributed by atoms with Crippen molar-refractivity contribution in [3.05, 3.63) is 24.3 Å². The molecule has 0 spiro atoms. The highest BCUT2D eigenvalue weighted by Crippen LogP contribution is 2.23. The van der Waals surface area contributed by atoms with Gasteiger partial charge in [0.25, 0.3) is 0 Å². The monoisotopic (exact) mass is 307 g/mol. The Morgan fingerprint density at radius 1 is 1.20 bits per heavy atom. The van der Waals surface area contributed by atoms with Crippen molar-refractivity contribution in [3.8, 4) is 0 Å². The zero-order valence-corrected chi connectivity index (χ0v) is 12.3. The number of sulfone groups is 1. The molecule has 0 aliphatic carbocycles. The molecule has 0 amide bonds. The molecule has 1 rings (SSSR count). The fourth-order valence-corrected chi connectivity index (χ4v) is 2.58. The lowest BCUT2D eigenvalue weighted by Gasteiger charge is -2.29. The van der Waals surface area contributed by atoms with Crippen LogP contribution in [0.25, 0.3) is 0 Å². The van der Waals surface area contributed by atoms with Crippen LogP contribution in [0.15, 0.2) is 29.2 Å². The molecule has 1 aromatic rings. The van der Waals surface area contributed by atoms with Crippen LogP contribution in [0, 0.1) is 0 Å². The standard InChI is InChI=1S/C13H19F2NO3S/c1-10(2)16(8-3-9-17)11-4-6-12(7-5-11)20(18,19)13(14)15/h4-7,10,13,17H,3,8-9H2,1-2H3. The number of benzene rings is 1. The van der Waals surface area contributed by atoms with E-state index in [1.54, 1.807) is 0 Å². The van der Waals surface area contributed by atoms with Crippen LogP contribution >= 0.6 is 0 Å². The third-order valence-corrected chi connectivity index (χ3v) is 4.31. The average molecular weight is 307 g/mol. The second-order valence-corrected chi connectivity index (χ2v) is 6.58. The molecule has 7 heteroatoms. The van der Waals surface area contributed by atoms with E-state index in [4.69, 9.17) is 5.11 Å². The third-order valence-electron chi connectivity index (χ3n) is 2.91. The molecule has 0 aromatic heterocycles. The number of nitrogens with zero attached hydrogens (tertiary/aromatic N) is 1. The smallest absolute Gasteiger partial charge is 0.341 e. The molecular weight excluding hydrogens is 288 g/mol. The molecule has 4 nitrogen and oxygen atoms in total. The Balaban J connectivity index is 3.00. The van der Waals surface area contributed by atoms with E-state index in [9.17, 15) is 17.2 Å². The Hall–Kier alpha value is -1.21. The number of hydrogen-bond acceptors (Lipinski definition) is 4. The van der Waals surface area contributed by atoms with Crippen LogP contribution in [0.5, 0.6) is 0 Å². The number of anilines is 1. The van der Waals surface area contributed by atoms with Gasteiger partial charge >= 0.3 is 5.76 Å². The van der Waals surface area contributed by atoms with E-state index >= 15 is 0 Å². The van der Waals surface area contributed by atoms with Gasteiger partial charge in [-0.25, -0.2) is 8.42 Å². The van der Waals surface area contributed by atoms with Crippen molar-refractivity contribution in [2.75, 3.05) is 18.1 Å². The van der Waals surface area contributed by atoms with Gasteiger partial charge in [0.05, 0.1) is 4.90 Å². The molecule has 0 atom stereocenters. The Kier molecular flexibility index (Phi) is 5.88. The lowest BCUT2D eigenvalue weighted by atomic mass is 10.2. The van der Waals surface area contributed by atoms with Crippen LogP contribution in [-0.2, 0) is 9.84 Å². The normalized spacial score (nSPS) is 12.2. The minimum atomic E-state index is -4.55. The summed E-state index contributed by atoms with van der Waals surface area (Å²) in [6, 6.07) is 5.54. The van der Waals surface area contributed by atoms with Crippen LogP contribution in [0.2, 0.25) is 0 Å². The van der Waals surface area contributed by atoms with Gasteiger partial charge in [0.1, 0.15) is 0 Å². The summed E-state index contributed by atoms with van der Waals surface area (Å²) in [5.41, 5.74) is 0.738. The Morgan fingerprint density at radius 3 is 2.15 bits per heavy atom. The maximum Gasteiger partial charge on any atom is 0.341 e. The van der Waals surface area contributed by atoms with Crippen molar-refractivity contribution in [2.24, 2.45) is 0 Å². The highest BCUT2D eigenvalue weighted by molar-refractivity contribution is 7.91. The summed E-state index contributed by atoms with van der Waals surface area (Å²) in [6.07, 6.45) is 0.579. The van der Waals surface area contributed by atoms with E-state index in [-0.39, 0.29) is 17.5 Å². The maximum absolute atomic E-state index is 12.4. The molecular formula is C13H19F2NO3S. The van der Waals surface area contributed by atoms with Crippen LogP contribution < -0.4 is 4.90 Å². The molecule has 0 aliphatic rings. The predicted molar refractivity (Wildman–Crippen MR) is 73.8 cm³/mol. The van der Waals surface area contributed by atoms with Gasteiger partial charge in [-0.3, -0.25) is 0 Å². The van der Waals surface area contributed by atoms with Gasteiger partial charge in [-0.05, 0) is 44.5 Å². The maximum atomic E-state index is 12.4. The Bertz CT molecular complexity index is 515. The summed E-state index contributed by atoms with van der Waals surface area (Å²) >= 11 is 0. The zero-order chi connectivity index (χ0) is 15.3. The molecule has 0 radical (unpaired) electrons. The second kappa shape index (κ2) is 6.99. The summed E-state index contributed by atoms with van der Waals surface area (Å²) in [4.78, 5) is 1.58. The van der Waals surface area contributed by atoms with Crippen LogP contribution in [0.1, 0.15) is 20.3 Å². The van der Waals surface area contributed by atoms with Gasteiger partial charge in [0, 0.05) is 24.9 Å². The first-order chi connectivity index (χ1) is 9.30. The van der Waals surface area contributed by atoms with E-state index in [0.29, 0.717) is 13.0 Å². The first kappa shape index (κ1) is 16.8. The van der Waals surface area contributed by atoms with Crippen LogP contribution in [0.3, 0.4) is 0 Å².